The van der Waals surface area contributed by atoms with Crippen LogP contribution in [0.2, 0.25) is 0 Å². The third kappa shape index (κ3) is 4.32. The van der Waals surface area contributed by atoms with Gasteiger partial charge in [0.15, 0.2) is 0 Å². The van der Waals surface area contributed by atoms with Crippen molar-refractivity contribution in [2.24, 2.45) is 0 Å². The number of nitrogens with one attached hydrogen (secondary N) is 1. The van der Waals surface area contributed by atoms with E-state index >= 15 is 0 Å². The van der Waals surface area contributed by atoms with Gasteiger partial charge in [-0.3, -0.25) is 9.03 Å². The third-order valence-electron chi connectivity index (χ3n) is 4.11. The summed E-state index contributed by atoms with van der Waals surface area (Å²) in [5.74, 6) is -0.0104. The Morgan fingerprint density at radius 1 is 1.04 bits per heavy atom. The highest BCUT2D eigenvalue weighted by atomic mass is 32.2. The van der Waals surface area contributed by atoms with E-state index in [-0.39, 0.29) is 5.75 Å². The summed E-state index contributed by atoms with van der Waals surface area (Å²) in [7, 11) is -6.78. The van der Waals surface area contributed by atoms with Crippen molar-refractivity contribution in [3.05, 3.63) is 59.7 Å². The molecule has 0 atom stereocenters. The first-order chi connectivity index (χ1) is 11.7. The van der Waals surface area contributed by atoms with E-state index in [0.29, 0.717) is 30.8 Å². The molecule has 6 nitrogen and oxygen atoms in total. The average molecular weight is 380 g/mol. The molecule has 1 aliphatic rings. The van der Waals surface area contributed by atoms with Crippen molar-refractivity contribution in [3.63, 3.8) is 0 Å². The van der Waals surface area contributed by atoms with Gasteiger partial charge in [-0.15, -0.1) is 0 Å². The second kappa shape index (κ2) is 6.68. The number of anilines is 2. The molecule has 0 aliphatic carbocycles. The molecule has 25 heavy (non-hydrogen) atoms. The molecule has 3 rings (SSSR count). The Morgan fingerprint density at radius 3 is 2.44 bits per heavy atom. The Morgan fingerprint density at radius 2 is 1.76 bits per heavy atom. The molecular weight excluding hydrogens is 360 g/mol. The van der Waals surface area contributed by atoms with Crippen molar-refractivity contribution in [1.82, 2.24) is 0 Å². The van der Waals surface area contributed by atoms with E-state index in [1.54, 1.807) is 18.2 Å². The fourth-order valence-electron chi connectivity index (χ4n) is 2.91. The van der Waals surface area contributed by atoms with Crippen molar-refractivity contribution in [2.45, 2.75) is 12.8 Å². The number of hydrogen-bond donors (Lipinski definition) is 1. The van der Waals surface area contributed by atoms with Crippen LogP contribution in [0.25, 0.3) is 0 Å². The van der Waals surface area contributed by atoms with E-state index in [9.17, 15) is 16.8 Å². The van der Waals surface area contributed by atoms with Crippen molar-refractivity contribution >= 4 is 31.4 Å². The van der Waals surface area contributed by atoms with Gasteiger partial charge in [-0.25, -0.2) is 16.8 Å². The smallest absolute Gasteiger partial charge is 0.233 e. The quantitative estimate of drug-likeness (QED) is 0.831. The highest BCUT2D eigenvalue weighted by molar-refractivity contribution is 7.92. The third-order valence-corrected chi connectivity index (χ3v) is 6.58. The van der Waals surface area contributed by atoms with Crippen LogP contribution in [-0.4, -0.2) is 35.4 Å². The lowest BCUT2D eigenvalue weighted by Crippen LogP contribution is -2.27. The molecule has 2 aromatic carbocycles. The molecule has 0 fully saturated rings. The average Bonchev–Trinajstić information content (AvgIpc) is 2.97. The van der Waals surface area contributed by atoms with Crippen LogP contribution in [0.3, 0.4) is 0 Å². The number of hydrogen-bond acceptors (Lipinski definition) is 4. The minimum atomic E-state index is -3.47. The molecule has 0 saturated carbocycles. The summed E-state index contributed by atoms with van der Waals surface area (Å²) < 4.78 is 52.0. The van der Waals surface area contributed by atoms with Gasteiger partial charge in [0.2, 0.25) is 20.0 Å². The predicted octanol–water partition coefficient (Wildman–Crippen LogP) is 1.99. The summed E-state index contributed by atoms with van der Waals surface area (Å²) in [6.45, 7) is 0.387. The lowest BCUT2D eigenvalue weighted by Gasteiger charge is -2.16. The topological polar surface area (TPSA) is 83.6 Å². The molecule has 1 heterocycles. The Kier molecular flexibility index (Phi) is 4.75. The summed E-state index contributed by atoms with van der Waals surface area (Å²) in [4.78, 5) is 0. The Bertz CT molecular complexity index is 971. The number of rotatable bonds is 6. The number of fused-ring (bicyclic) bond motifs is 1. The molecular formula is C17H20N2O4S2. The van der Waals surface area contributed by atoms with Gasteiger partial charge in [0.05, 0.1) is 17.7 Å². The molecule has 0 spiro atoms. The molecule has 0 bridgehead atoms. The minimum absolute atomic E-state index is 0.0104. The number of benzene rings is 2. The first kappa shape index (κ1) is 17.8. The van der Waals surface area contributed by atoms with Crippen LogP contribution in [0.15, 0.2) is 48.5 Å². The number of aryl methyl sites for hydroxylation is 1. The van der Waals surface area contributed by atoms with Crippen LogP contribution in [0.1, 0.15) is 11.1 Å². The van der Waals surface area contributed by atoms with Crippen LogP contribution in [0.4, 0.5) is 11.4 Å². The van der Waals surface area contributed by atoms with Crippen molar-refractivity contribution in [2.75, 3.05) is 27.6 Å². The summed E-state index contributed by atoms with van der Waals surface area (Å²) in [5.41, 5.74) is 2.87. The zero-order chi connectivity index (χ0) is 18.1. The van der Waals surface area contributed by atoms with Gasteiger partial charge in [-0.2, -0.15) is 0 Å². The normalized spacial score (nSPS) is 14.4. The molecule has 1 N–H and O–H groups in total. The molecule has 0 radical (unpaired) electrons. The van der Waals surface area contributed by atoms with Crippen LogP contribution in [0.5, 0.6) is 0 Å². The summed E-state index contributed by atoms with van der Waals surface area (Å²) in [6.07, 6.45) is 2.17. The molecule has 1 aliphatic heterocycles. The van der Waals surface area contributed by atoms with Crippen LogP contribution in [-0.2, 0) is 32.9 Å². The number of nitrogens with zero attached hydrogens (tertiary/aromatic N) is 1. The predicted molar refractivity (Wildman–Crippen MR) is 99.9 cm³/mol. The highest BCUT2D eigenvalue weighted by Crippen LogP contribution is 2.32. The largest absolute Gasteiger partial charge is 0.284 e. The fraction of sp³-hybridized carbons (Fsp3) is 0.294. The van der Waals surface area contributed by atoms with E-state index in [4.69, 9.17) is 0 Å². The Hall–Kier alpha value is -2.06. The Balaban J connectivity index is 1.71. The second-order valence-electron chi connectivity index (χ2n) is 6.09. The van der Waals surface area contributed by atoms with Crippen molar-refractivity contribution in [1.29, 1.82) is 0 Å². The second-order valence-corrected chi connectivity index (χ2v) is 9.83. The van der Waals surface area contributed by atoms with Crippen LogP contribution < -0.4 is 9.03 Å². The van der Waals surface area contributed by atoms with Gasteiger partial charge in [0.1, 0.15) is 0 Å². The maximum Gasteiger partial charge on any atom is 0.233 e. The lowest BCUT2D eigenvalue weighted by atomic mass is 10.1. The van der Waals surface area contributed by atoms with Crippen LogP contribution in [0, 0.1) is 0 Å². The van der Waals surface area contributed by atoms with E-state index in [0.717, 1.165) is 11.1 Å². The first-order valence-electron chi connectivity index (χ1n) is 7.90. The molecule has 2 aromatic rings. The lowest BCUT2D eigenvalue weighted by molar-refractivity contribution is 0.597. The molecule has 0 unspecified atom stereocenters. The van der Waals surface area contributed by atoms with E-state index < -0.39 is 20.0 Å². The zero-order valence-corrected chi connectivity index (χ0v) is 15.5. The highest BCUT2D eigenvalue weighted by Gasteiger charge is 2.26. The van der Waals surface area contributed by atoms with Gasteiger partial charge in [-0.1, -0.05) is 30.3 Å². The molecule has 0 saturated heterocycles. The summed E-state index contributed by atoms with van der Waals surface area (Å²) in [5, 5.41) is 0. The van der Waals surface area contributed by atoms with Crippen molar-refractivity contribution < 1.29 is 16.8 Å². The molecule has 8 heteroatoms. The van der Waals surface area contributed by atoms with Gasteiger partial charge in [0, 0.05) is 12.2 Å². The van der Waals surface area contributed by atoms with Gasteiger partial charge >= 0.3 is 0 Å². The summed E-state index contributed by atoms with van der Waals surface area (Å²) >= 11 is 0. The Labute approximate surface area is 148 Å². The van der Waals surface area contributed by atoms with Gasteiger partial charge in [-0.05, 0) is 42.2 Å². The maximum absolute atomic E-state index is 12.3. The van der Waals surface area contributed by atoms with Crippen LogP contribution >= 0.6 is 0 Å². The molecule has 0 aromatic heterocycles. The zero-order valence-electron chi connectivity index (χ0n) is 13.8. The van der Waals surface area contributed by atoms with Crippen molar-refractivity contribution in [3.8, 4) is 0 Å². The minimum Gasteiger partial charge on any atom is -0.284 e. The maximum atomic E-state index is 12.3. The van der Waals surface area contributed by atoms with Gasteiger partial charge in [0.25, 0.3) is 0 Å². The van der Waals surface area contributed by atoms with Gasteiger partial charge < -0.3 is 0 Å². The first-order valence-corrected chi connectivity index (χ1v) is 11.4. The summed E-state index contributed by atoms with van der Waals surface area (Å²) in [6, 6.07) is 14.4. The monoisotopic (exact) mass is 380 g/mol. The molecule has 0 amide bonds. The fourth-order valence-corrected chi connectivity index (χ4v) is 4.96. The SMILES string of the molecule is CS(=O)(=O)N1CCc2cc(NS(=O)(=O)CCc3ccccc3)ccc21. The molecule has 134 valence electrons. The van der Waals surface area contributed by atoms with E-state index in [1.807, 2.05) is 30.3 Å². The number of sulfonamides is 2. The standard InChI is InChI=1S/C17H20N2O4S2/c1-24(20,21)19-11-9-15-13-16(7-8-17(15)19)18-25(22,23)12-10-14-5-3-2-4-6-14/h2-8,13,18H,9-12H2,1H3. The van der Waals surface area contributed by atoms with E-state index in [1.165, 1.54) is 10.6 Å². The van der Waals surface area contributed by atoms with E-state index in [2.05, 4.69) is 4.72 Å².